The summed E-state index contributed by atoms with van der Waals surface area (Å²) < 4.78 is 0. The van der Waals surface area contributed by atoms with Gasteiger partial charge in [0.25, 0.3) is 0 Å². The first-order valence-corrected chi connectivity index (χ1v) is 8.58. The van der Waals surface area contributed by atoms with Crippen molar-refractivity contribution in [3.05, 3.63) is 0 Å². The lowest BCUT2D eigenvalue weighted by molar-refractivity contribution is -0.126. The van der Waals surface area contributed by atoms with Gasteiger partial charge >= 0.3 is 0 Å². The molecule has 4 aliphatic carbocycles. The SMILES string of the molecule is CCNCC(C)C(=O)NCC12CC3CC(CC(C3)C1)C2. The molecule has 114 valence electrons. The molecule has 3 heteroatoms. The summed E-state index contributed by atoms with van der Waals surface area (Å²) in [5.41, 5.74) is 0.461. The minimum absolute atomic E-state index is 0.0869. The summed E-state index contributed by atoms with van der Waals surface area (Å²) >= 11 is 0. The number of carbonyl (C=O) groups excluding carboxylic acids is 1. The van der Waals surface area contributed by atoms with Crippen LogP contribution in [0.2, 0.25) is 0 Å². The Hall–Kier alpha value is -0.570. The number of hydrogen-bond donors (Lipinski definition) is 2. The van der Waals surface area contributed by atoms with E-state index in [4.69, 9.17) is 0 Å². The lowest BCUT2D eigenvalue weighted by Gasteiger charge is -2.57. The van der Waals surface area contributed by atoms with Crippen molar-refractivity contribution in [3.8, 4) is 0 Å². The summed E-state index contributed by atoms with van der Waals surface area (Å²) in [5.74, 6) is 3.23. The second-order valence-corrected chi connectivity index (χ2v) is 7.84. The largest absolute Gasteiger partial charge is 0.355 e. The molecule has 1 unspecified atom stereocenters. The quantitative estimate of drug-likeness (QED) is 0.784. The number of carbonyl (C=O) groups is 1. The van der Waals surface area contributed by atoms with Crippen LogP contribution in [0.1, 0.15) is 52.4 Å². The fourth-order valence-electron chi connectivity index (χ4n) is 5.41. The number of hydrogen-bond acceptors (Lipinski definition) is 2. The predicted molar refractivity (Wildman–Crippen MR) is 81.3 cm³/mol. The summed E-state index contributed by atoms with van der Waals surface area (Å²) in [4.78, 5) is 12.2. The lowest BCUT2D eigenvalue weighted by atomic mass is 9.49. The Labute approximate surface area is 123 Å². The topological polar surface area (TPSA) is 41.1 Å². The van der Waals surface area contributed by atoms with E-state index in [0.29, 0.717) is 5.41 Å². The summed E-state index contributed by atoms with van der Waals surface area (Å²) in [6.07, 6.45) is 8.56. The van der Waals surface area contributed by atoms with Crippen molar-refractivity contribution in [2.45, 2.75) is 52.4 Å². The van der Waals surface area contributed by atoms with Gasteiger partial charge in [-0.05, 0) is 68.2 Å². The Kier molecular flexibility index (Phi) is 4.07. The van der Waals surface area contributed by atoms with Crippen LogP contribution in [0, 0.1) is 29.1 Å². The van der Waals surface area contributed by atoms with Gasteiger partial charge in [-0.1, -0.05) is 13.8 Å². The van der Waals surface area contributed by atoms with Gasteiger partial charge in [-0.15, -0.1) is 0 Å². The molecule has 0 spiro atoms. The molecule has 20 heavy (non-hydrogen) atoms. The lowest BCUT2D eigenvalue weighted by Crippen LogP contribution is -2.52. The van der Waals surface area contributed by atoms with Gasteiger partial charge in [0, 0.05) is 19.0 Å². The van der Waals surface area contributed by atoms with Crippen LogP contribution in [0.3, 0.4) is 0 Å². The maximum atomic E-state index is 12.2. The van der Waals surface area contributed by atoms with Crippen LogP contribution in [0.4, 0.5) is 0 Å². The normalized spacial score (nSPS) is 39.8. The van der Waals surface area contributed by atoms with E-state index in [-0.39, 0.29) is 11.8 Å². The molecular formula is C17H30N2O. The van der Waals surface area contributed by atoms with Gasteiger partial charge in [-0.25, -0.2) is 0 Å². The van der Waals surface area contributed by atoms with Crippen molar-refractivity contribution >= 4 is 5.91 Å². The maximum Gasteiger partial charge on any atom is 0.224 e. The smallest absolute Gasteiger partial charge is 0.224 e. The van der Waals surface area contributed by atoms with E-state index in [1.54, 1.807) is 0 Å². The van der Waals surface area contributed by atoms with Crippen LogP contribution >= 0.6 is 0 Å². The number of nitrogens with one attached hydrogen (secondary N) is 2. The fourth-order valence-corrected chi connectivity index (χ4v) is 5.41. The number of rotatable bonds is 6. The third kappa shape index (κ3) is 2.88. The van der Waals surface area contributed by atoms with Crippen LogP contribution in [0.25, 0.3) is 0 Å². The van der Waals surface area contributed by atoms with Gasteiger partial charge in [-0.3, -0.25) is 4.79 Å². The first-order chi connectivity index (χ1) is 9.60. The first kappa shape index (κ1) is 14.4. The first-order valence-electron chi connectivity index (χ1n) is 8.58. The minimum Gasteiger partial charge on any atom is -0.355 e. The summed E-state index contributed by atoms with van der Waals surface area (Å²) in [6.45, 7) is 6.78. The highest BCUT2D eigenvalue weighted by atomic mass is 16.1. The molecule has 3 nitrogen and oxygen atoms in total. The van der Waals surface area contributed by atoms with Crippen LogP contribution in [0.15, 0.2) is 0 Å². The van der Waals surface area contributed by atoms with E-state index in [0.717, 1.165) is 37.4 Å². The molecule has 4 aliphatic rings. The van der Waals surface area contributed by atoms with Gasteiger partial charge in [-0.2, -0.15) is 0 Å². The molecule has 4 saturated carbocycles. The molecule has 2 N–H and O–H groups in total. The summed E-state index contributed by atoms with van der Waals surface area (Å²) in [7, 11) is 0. The molecule has 0 saturated heterocycles. The van der Waals surface area contributed by atoms with E-state index in [1.807, 2.05) is 6.92 Å². The second-order valence-electron chi connectivity index (χ2n) is 7.84. The Morgan fingerprint density at radius 2 is 1.70 bits per heavy atom. The van der Waals surface area contributed by atoms with Gasteiger partial charge in [0.05, 0.1) is 0 Å². The summed E-state index contributed by atoms with van der Waals surface area (Å²) in [6, 6.07) is 0. The molecule has 0 heterocycles. The molecule has 0 radical (unpaired) electrons. The molecule has 0 aromatic heterocycles. The zero-order valence-electron chi connectivity index (χ0n) is 13.1. The number of amides is 1. The average molecular weight is 278 g/mol. The van der Waals surface area contributed by atoms with E-state index in [9.17, 15) is 4.79 Å². The Morgan fingerprint density at radius 3 is 2.20 bits per heavy atom. The van der Waals surface area contributed by atoms with Crippen molar-refractivity contribution < 1.29 is 4.79 Å². The third-order valence-corrected chi connectivity index (χ3v) is 5.95. The van der Waals surface area contributed by atoms with Gasteiger partial charge < -0.3 is 10.6 Å². The van der Waals surface area contributed by atoms with Crippen molar-refractivity contribution in [2.24, 2.45) is 29.1 Å². The Morgan fingerprint density at radius 1 is 1.15 bits per heavy atom. The molecule has 0 aromatic carbocycles. The van der Waals surface area contributed by atoms with E-state index < -0.39 is 0 Å². The molecule has 4 rings (SSSR count). The highest BCUT2D eigenvalue weighted by molar-refractivity contribution is 5.78. The van der Waals surface area contributed by atoms with E-state index >= 15 is 0 Å². The van der Waals surface area contributed by atoms with Crippen LogP contribution < -0.4 is 10.6 Å². The highest BCUT2D eigenvalue weighted by Gasteiger charge is 2.50. The van der Waals surface area contributed by atoms with Crippen molar-refractivity contribution in [1.82, 2.24) is 10.6 Å². The highest BCUT2D eigenvalue weighted by Crippen LogP contribution is 2.59. The van der Waals surface area contributed by atoms with Crippen LogP contribution in [0.5, 0.6) is 0 Å². The van der Waals surface area contributed by atoms with Gasteiger partial charge in [0.2, 0.25) is 5.91 Å². The standard InChI is InChI=1S/C17H30N2O/c1-3-18-10-12(2)16(20)19-11-17-7-13-4-14(8-17)6-15(5-13)9-17/h12-15,18H,3-11H2,1-2H3,(H,19,20). The zero-order valence-corrected chi connectivity index (χ0v) is 13.1. The second kappa shape index (κ2) is 5.67. The van der Waals surface area contributed by atoms with Gasteiger partial charge in [0.15, 0.2) is 0 Å². The molecule has 4 bridgehead atoms. The van der Waals surface area contributed by atoms with Crippen LogP contribution in [-0.4, -0.2) is 25.5 Å². The van der Waals surface area contributed by atoms with E-state index in [1.165, 1.54) is 38.5 Å². The molecule has 1 amide bonds. The fraction of sp³-hybridized carbons (Fsp3) is 0.941. The average Bonchev–Trinajstić information content (AvgIpc) is 2.40. The molecule has 0 aliphatic heterocycles. The molecular weight excluding hydrogens is 248 g/mol. The Bertz CT molecular complexity index is 331. The maximum absolute atomic E-state index is 12.2. The van der Waals surface area contributed by atoms with Crippen molar-refractivity contribution in [3.63, 3.8) is 0 Å². The monoisotopic (exact) mass is 278 g/mol. The molecule has 4 fully saturated rings. The van der Waals surface area contributed by atoms with Crippen LogP contribution in [-0.2, 0) is 4.79 Å². The predicted octanol–water partition coefficient (Wildman–Crippen LogP) is 2.56. The zero-order chi connectivity index (χ0) is 14.2. The minimum atomic E-state index is 0.0869. The van der Waals surface area contributed by atoms with Crippen molar-refractivity contribution in [2.75, 3.05) is 19.6 Å². The van der Waals surface area contributed by atoms with Gasteiger partial charge in [0.1, 0.15) is 0 Å². The molecule has 0 aromatic rings. The third-order valence-electron chi connectivity index (χ3n) is 5.95. The van der Waals surface area contributed by atoms with Crippen molar-refractivity contribution in [1.29, 1.82) is 0 Å². The summed E-state index contributed by atoms with van der Waals surface area (Å²) in [5, 5.41) is 6.53. The van der Waals surface area contributed by atoms with E-state index in [2.05, 4.69) is 17.6 Å². The molecule has 1 atom stereocenters. The Balaban J connectivity index is 1.52.